The van der Waals surface area contributed by atoms with E-state index in [4.69, 9.17) is 19.7 Å². The van der Waals surface area contributed by atoms with Crippen LogP contribution in [0.4, 0.5) is 23.2 Å². The summed E-state index contributed by atoms with van der Waals surface area (Å²) in [5.74, 6) is -2.17. The van der Waals surface area contributed by atoms with Crippen molar-refractivity contribution in [3.8, 4) is 0 Å². The van der Waals surface area contributed by atoms with Gasteiger partial charge in [-0.2, -0.15) is 27.2 Å². The molecule has 1 saturated carbocycles. The van der Waals surface area contributed by atoms with Crippen LogP contribution in [0.3, 0.4) is 0 Å². The van der Waals surface area contributed by atoms with Crippen molar-refractivity contribution in [1.82, 2.24) is 24.8 Å². The van der Waals surface area contributed by atoms with E-state index in [1.165, 1.54) is 36.3 Å². The van der Waals surface area contributed by atoms with Gasteiger partial charge in [0.25, 0.3) is 5.91 Å². The molecule has 0 bridgehead atoms. The lowest BCUT2D eigenvalue weighted by atomic mass is 10.0. The van der Waals surface area contributed by atoms with Gasteiger partial charge in [0, 0.05) is 36.3 Å². The van der Waals surface area contributed by atoms with Crippen molar-refractivity contribution in [3.63, 3.8) is 0 Å². The highest BCUT2D eigenvalue weighted by molar-refractivity contribution is 7.39. The number of benzene rings is 1. The minimum Gasteiger partial charge on any atom is -0.376 e. The van der Waals surface area contributed by atoms with Crippen LogP contribution in [-0.2, 0) is 14.1 Å². The van der Waals surface area contributed by atoms with Crippen molar-refractivity contribution >= 4 is 44.0 Å². The quantitative estimate of drug-likeness (QED) is 0.0527. The molecule has 1 aromatic carbocycles. The number of aromatic nitrogens is 3. The first-order chi connectivity index (χ1) is 19.4. The highest BCUT2D eigenvalue weighted by Crippen LogP contribution is 2.56. The van der Waals surface area contributed by atoms with Gasteiger partial charge in [-0.05, 0) is 36.0 Å². The predicted octanol–water partition coefficient (Wildman–Crippen LogP) is 2.84. The predicted molar refractivity (Wildman–Crippen MR) is 139 cm³/mol. The third kappa shape index (κ3) is 7.21. The number of nitrogens with one attached hydrogen (secondary N) is 3. The van der Waals surface area contributed by atoms with Crippen molar-refractivity contribution in [1.29, 1.82) is 5.41 Å². The summed E-state index contributed by atoms with van der Waals surface area (Å²) in [7, 11) is -1.23. The van der Waals surface area contributed by atoms with E-state index in [9.17, 15) is 27.2 Å². The Hall–Kier alpha value is -3.98. The van der Waals surface area contributed by atoms with Crippen molar-refractivity contribution < 1.29 is 41.5 Å². The second kappa shape index (κ2) is 12.3. The summed E-state index contributed by atoms with van der Waals surface area (Å²) in [6, 6.07) is 6.28. The van der Waals surface area contributed by atoms with Crippen LogP contribution in [0.2, 0.25) is 0 Å². The number of carbonyl (C=O) groups is 2. The Morgan fingerprint density at radius 2 is 2.07 bits per heavy atom. The Morgan fingerprint density at radius 1 is 1.32 bits per heavy atom. The molecule has 1 aliphatic carbocycles. The molecule has 1 fully saturated rings. The number of rotatable bonds is 12. The molecular weight excluding hydrogens is 573 g/mol. The first-order valence-electron chi connectivity index (χ1n) is 11.9. The summed E-state index contributed by atoms with van der Waals surface area (Å²) in [4.78, 5) is 47.1. The lowest BCUT2D eigenvalue weighted by molar-refractivity contribution is -0.121. The summed E-state index contributed by atoms with van der Waals surface area (Å²) in [5.41, 5.74) is 1.56. The molecule has 41 heavy (non-hydrogen) atoms. The molecule has 2 amide bonds. The molecule has 0 saturated heterocycles. The van der Waals surface area contributed by atoms with Gasteiger partial charge in [-0.25, -0.2) is 4.98 Å². The average Bonchev–Trinajstić information content (AvgIpc) is 3.64. The van der Waals surface area contributed by atoms with Gasteiger partial charge in [0.05, 0.1) is 17.5 Å². The number of amides is 2. The zero-order chi connectivity index (χ0) is 29.9. The molecule has 1 aliphatic rings. The molecule has 17 heteroatoms. The lowest BCUT2D eigenvalue weighted by Crippen LogP contribution is -2.25. The number of hydrogen-bond donors (Lipinski definition) is 5. The van der Waals surface area contributed by atoms with Gasteiger partial charge in [-0.3, -0.25) is 19.4 Å². The minimum absolute atomic E-state index is 0.0387. The van der Waals surface area contributed by atoms with Gasteiger partial charge < -0.3 is 25.4 Å². The van der Waals surface area contributed by atoms with Crippen LogP contribution >= 0.6 is 8.60 Å². The molecule has 5 N–H and O–H groups in total. The summed E-state index contributed by atoms with van der Waals surface area (Å²) in [5, 5.41) is 16.0. The van der Waals surface area contributed by atoms with E-state index in [2.05, 4.69) is 15.4 Å². The normalized spacial score (nSPS) is 17.0. The number of fused-ring (bicyclic) bond motifs is 1. The topological polar surface area (TPSA) is 165 Å². The number of nitrogens with zero attached hydrogens (tertiary/aromatic N) is 4. The molecule has 1 unspecified atom stereocenters. The maximum absolute atomic E-state index is 14.7. The summed E-state index contributed by atoms with van der Waals surface area (Å²) in [6.07, 6.45) is -0.652. The van der Waals surface area contributed by atoms with E-state index < -0.39 is 33.2 Å². The number of halogens is 4. The Morgan fingerprint density at radius 3 is 2.73 bits per heavy atom. The van der Waals surface area contributed by atoms with Crippen LogP contribution in [-0.4, -0.2) is 74.3 Å². The first kappa shape index (κ1) is 30.0. The number of alkyl halides is 3. The molecule has 2 atom stereocenters. The van der Waals surface area contributed by atoms with Crippen molar-refractivity contribution in [2.24, 2.45) is 0 Å². The fourth-order valence-corrected chi connectivity index (χ4v) is 4.61. The van der Waals surface area contributed by atoms with Gasteiger partial charge in [-0.1, -0.05) is 12.1 Å². The van der Waals surface area contributed by atoms with Crippen molar-refractivity contribution in [3.05, 3.63) is 65.0 Å². The molecule has 0 radical (unpaired) electrons. The molecule has 0 aliphatic heterocycles. The zero-order valence-electron chi connectivity index (χ0n) is 21.3. The molecule has 2 aromatic heterocycles. The minimum atomic E-state index is -4.46. The van der Waals surface area contributed by atoms with Crippen molar-refractivity contribution in [2.45, 2.75) is 24.4 Å². The third-order valence-electron chi connectivity index (χ3n) is 6.22. The number of carbonyl (C=O) groups excluding carboxylic acids is 2. The number of imidazole rings is 1. The van der Waals surface area contributed by atoms with E-state index in [1.807, 2.05) is 5.32 Å². The molecule has 3 aromatic rings. The summed E-state index contributed by atoms with van der Waals surface area (Å²) >= 11 is 0. The van der Waals surface area contributed by atoms with Gasteiger partial charge in [0.1, 0.15) is 13.3 Å². The van der Waals surface area contributed by atoms with E-state index in [1.54, 1.807) is 6.07 Å². The average molecular weight is 597 g/mol. The highest BCUT2D eigenvalue weighted by atomic mass is 31.2. The second-order valence-corrected chi connectivity index (χ2v) is 9.88. The maximum atomic E-state index is 14.7. The van der Waals surface area contributed by atoms with Crippen LogP contribution in [0.25, 0.3) is 11.2 Å². The Labute approximate surface area is 231 Å². The molecule has 4 rings (SSSR count). The van der Waals surface area contributed by atoms with Gasteiger partial charge in [0.15, 0.2) is 5.65 Å². The number of anilines is 1. The first-order valence-corrected chi connectivity index (χ1v) is 13.0. The standard InChI is InChI=1S/C24H24F4N7O5P/c1-34(12-40-41(38)39)9-18(23(37)32-11-36)20-6-17(22-30-8-21(25)35(22)33-20)16-5-15(16)13-2-3-14(7-29)19(4-13)31-10-24(26,27)28/h2-4,6-9,11,15-16,29,31,38-39H,5,10,12H2,1H3,(H,32,36,37)/b18-9-,29-7?/t15-,16?/m1/s1. The highest BCUT2D eigenvalue weighted by Gasteiger charge is 2.42. The monoisotopic (exact) mass is 597 g/mol. The van der Waals surface area contributed by atoms with Gasteiger partial charge in [-0.15, -0.1) is 0 Å². The maximum Gasteiger partial charge on any atom is 0.405 e. The SMILES string of the molecule is CN(/C=C(\C(=O)NC=O)c1cc(C2C[C@@H]2c2ccc(C=N)c(NCC(F)(F)F)c2)c2ncc(F)n2n1)COP(O)O. The lowest BCUT2D eigenvalue weighted by Gasteiger charge is -2.17. The molecule has 0 spiro atoms. The van der Waals surface area contributed by atoms with Crippen LogP contribution in [0.15, 0.2) is 36.7 Å². The molecule has 218 valence electrons. The van der Waals surface area contributed by atoms with Crippen LogP contribution < -0.4 is 10.6 Å². The van der Waals surface area contributed by atoms with E-state index in [0.29, 0.717) is 17.5 Å². The summed E-state index contributed by atoms with van der Waals surface area (Å²) < 4.78 is 58.7. The zero-order valence-corrected chi connectivity index (χ0v) is 22.2. The molecular formula is C24H24F4N7O5P. The van der Waals surface area contributed by atoms with Crippen LogP contribution in [0.5, 0.6) is 0 Å². The molecule has 2 heterocycles. The Kier molecular flexibility index (Phi) is 8.97. The van der Waals surface area contributed by atoms with Gasteiger partial charge >= 0.3 is 14.8 Å². The second-order valence-electron chi connectivity index (χ2n) is 9.11. The molecule has 12 nitrogen and oxygen atoms in total. The van der Waals surface area contributed by atoms with E-state index in [0.717, 1.165) is 16.9 Å². The van der Waals surface area contributed by atoms with E-state index in [-0.39, 0.29) is 53.1 Å². The fourth-order valence-electron chi connectivity index (χ4n) is 4.33. The largest absolute Gasteiger partial charge is 0.405 e. The fraction of sp³-hybridized carbons (Fsp3) is 0.292. The number of imide groups is 1. The van der Waals surface area contributed by atoms with Crippen molar-refractivity contribution in [2.75, 3.05) is 25.6 Å². The Bertz CT molecular complexity index is 1500. The Balaban J connectivity index is 1.71. The van der Waals surface area contributed by atoms with Gasteiger partial charge in [0.2, 0.25) is 12.4 Å². The third-order valence-corrected chi connectivity index (χ3v) is 6.57. The van der Waals surface area contributed by atoms with Crippen LogP contribution in [0, 0.1) is 11.4 Å². The number of hydrogen-bond acceptors (Lipinski definition) is 10. The van der Waals surface area contributed by atoms with E-state index >= 15 is 0 Å². The smallest absolute Gasteiger partial charge is 0.376 e. The summed E-state index contributed by atoms with van der Waals surface area (Å²) in [6.45, 7) is -1.62. The van der Waals surface area contributed by atoms with Crippen LogP contribution in [0.1, 0.15) is 40.6 Å².